The van der Waals surface area contributed by atoms with Crippen molar-refractivity contribution in [3.63, 3.8) is 0 Å². The van der Waals surface area contributed by atoms with Gasteiger partial charge in [-0.3, -0.25) is 0 Å². The maximum absolute atomic E-state index is 12.5. The molecule has 0 fully saturated rings. The third-order valence-corrected chi connectivity index (χ3v) is 5.73. The van der Waals surface area contributed by atoms with Crippen LogP contribution in [0.15, 0.2) is 41.3 Å². The van der Waals surface area contributed by atoms with E-state index < -0.39 is 10.0 Å². The van der Waals surface area contributed by atoms with Gasteiger partial charge in [-0.15, -0.1) is 0 Å². The van der Waals surface area contributed by atoms with Crippen molar-refractivity contribution in [2.24, 2.45) is 0 Å². The monoisotopic (exact) mass is 377 g/mol. The summed E-state index contributed by atoms with van der Waals surface area (Å²) >= 11 is 0. The topological polar surface area (TPSA) is 64.6 Å². The molecule has 0 aromatic heterocycles. The summed E-state index contributed by atoms with van der Waals surface area (Å²) < 4.78 is 38.5. The van der Waals surface area contributed by atoms with Crippen LogP contribution in [0, 0.1) is 13.8 Å². The lowest BCUT2D eigenvalue weighted by Crippen LogP contribution is -2.28. The number of ether oxygens (including phenoxy) is 2. The molecule has 0 radical (unpaired) electrons. The predicted molar refractivity (Wildman–Crippen MR) is 104 cm³/mol. The van der Waals surface area contributed by atoms with Gasteiger partial charge in [-0.05, 0) is 66.8 Å². The predicted octanol–water partition coefficient (Wildman–Crippen LogP) is 3.79. The molecule has 6 heteroatoms. The Morgan fingerprint density at radius 1 is 1.04 bits per heavy atom. The van der Waals surface area contributed by atoms with Crippen LogP contribution in [0.3, 0.4) is 0 Å². The zero-order chi connectivity index (χ0) is 19.3. The number of benzene rings is 2. The number of hydrogen-bond acceptors (Lipinski definition) is 4. The van der Waals surface area contributed by atoms with Gasteiger partial charge in [0.1, 0.15) is 18.1 Å². The molecule has 0 aliphatic carbocycles. The standard InChI is InChI=1S/C20H27NO4S/c1-14(2)19-13-18(8-9-20(19)24-5)26(22,23)21-10-11-25-17-7-6-15(3)16(4)12-17/h6-9,12-14,21H,10-11H2,1-5H3. The van der Waals surface area contributed by atoms with E-state index in [4.69, 9.17) is 9.47 Å². The molecule has 0 atom stereocenters. The minimum Gasteiger partial charge on any atom is -0.496 e. The van der Waals surface area contributed by atoms with Crippen LogP contribution in [-0.2, 0) is 10.0 Å². The molecule has 0 spiro atoms. The van der Waals surface area contributed by atoms with Gasteiger partial charge < -0.3 is 9.47 Å². The SMILES string of the molecule is COc1ccc(S(=O)(=O)NCCOc2ccc(C)c(C)c2)cc1C(C)C. The Morgan fingerprint density at radius 3 is 2.38 bits per heavy atom. The van der Waals surface area contributed by atoms with Crippen LogP contribution in [-0.4, -0.2) is 28.7 Å². The molecule has 2 rings (SSSR count). The van der Waals surface area contributed by atoms with Crippen molar-refractivity contribution in [3.05, 3.63) is 53.1 Å². The second-order valence-corrected chi connectivity index (χ2v) is 8.32. The molecule has 2 aromatic rings. The fourth-order valence-electron chi connectivity index (χ4n) is 2.56. The normalized spacial score (nSPS) is 11.6. The van der Waals surface area contributed by atoms with Crippen LogP contribution < -0.4 is 14.2 Å². The quantitative estimate of drug-likeness (QED) is 0.711. The van der Waals surface area contributed by atoms with Gasteiger partial charge in [0.25, 0.3) is 0 Å². The molecule has 0 bridgehead atoms. The lowest BCUT2D eigenvalue weighted by molar-refractivity contribution is 0.322. The third kappa shape index (κ3) is 4.99. The molecule has 26 heavy (non-hydrogen) atoms. The Hall–Kier alpha value is -2.05. The van der Waals surface area contributed by atoms with E-state index in [1.54, 1.807) is 25.3 Å². The Kier molecular flexibility index (Phi) is 6.67. The van der Waals surface area contributed by atoms with Gasteiger partial charge in [0.2, 0.25) is 10.0 Å². The largest absolute Gasteiger partial charge is 0.496 e. The van der Waals surface area contributed by atoms with E-state index in [-0.39, 0.29) is 24.0 Å². The van der Waals surface area contributed by atoms with Crippen molar-refractivity contribution in [2.75, 3.05) is 20.3 Å². The summed E-state index contributed by atoms with van der Waals surface area (Å²) in [6.45, 7) is 8.50. The fourth-order valence-corrected chi connectivity index (χ4v) is 3.61. The van der Waals surface area contributed by atoms with E-state index in [2.05, 4.69) is 4.72 Å². The summed E-state index contributed by atoms with van der Waals surface area (Å²) in [6.07, 6.45) is 0. The van der Waals surface area contributed by atoms with E-state index in [0.717, 1.165) is 16.9 Å². The van der Waals surface area contributed by atoms with E-state index in [9.17, 15) is 8.42 Å². The lowest BCUT2D eigenvalue weighted by atomic mass is 10.0. The molecule has 0 aliphatic rings. The molecule has 0 aliphatic heterocycles. The molecular weight excluding hydrogens is 350 g/mol. The first kappa shape index (κ1) is 20.3. The smallest absolute Gasteiger partial charge is 0.240 e. The van der Waals surface area contributed by atoms with Gasteiger partial charge in [-0.25, -0.2) is 13.1 Å². The van der Waals surface area contributed by atoms with E-state index in [1.807, 2.05) is 45.9 Å². The molecule has 0 saturated heterocycles. The van der Waals surface area contributed by atoms with Crippen molar-refractivity contribution >= 4 is 10.0 Å². The number of methoxy groups -OCH3 is 1. The molecule has 0 saturated carbocycles. The van der Waals surface area contributed by atoms with Crippen molar-refractivity contribution in [2.45, 2.75) is 38.5 Å². The Bertz CT molecular complexity index is 860. The molecule has 2 aromatic carbocycles. The summed E-state index contributed by atoms with van der Waals surface area (Å²) in [5, 5.41) is 0. The molecule has 0 heterocycles. The summed E-state index contributed by atoms with van der Waals surface area (Å²) in [5.41, 5.74) is 3.20. The van der Waals surface area contributed by atoms with Crippen LogP contribution in [0.5, 0.6) is 11.5 Å². The highest BCUT2D eigenvalue weighted by molar-refractivity contribution is 7.89. The molecule has 5 nitrogen and oxygen atoms in total. The number of aryl methyl sites for hydroxylation is 2. The van der Waals surface area contributed by atoms with Crippen LogP contribution >= 0.6 is 0 Å². The first-order valence-corrected chi connectivity index (χ1v) is 10.1. The zero-order valence-electron chi connectivity index (χ0n) is 16.0. The second kappa shape index (κ2) is 8.56. The van der Waals surface area contributed by atoms with Gasteiger partial charge in [0.15, 0.2) is 0 Å². The van der Waals surface area contributed by atoms with Crippen molar-refractivity contribution in [1.29, 1.82) is 0 Å². The van der Waals surface area contributed by atoms with Gasteiger partial charge in [0.05, 0.1) is 12.0 Å². The molecule has 142 valence electrons. The molecule has 0 amide bonds. The Labute approximate surface area is 156 Å². The molecule has 0 unspecified atom stereocenters. The minimum absolute atomic E-state index is 0.160. The van der Waals surface area contributed by atoms with E-state index in [1.165, 1.54) is 5.56 Å². The zero-order valence-corrected chi connectivity index (χ0v) is 16.8. The van der Waals surface area contributed by atoms with Crippen LogP contribution in [0.1, 0.15) is 36.5 Å². The summed E-state index contributed by atoms with van der Waals surface area (Å²) in [6, 6.07) is 10.7. The first-order valence-electron chi connectivity index (χ1n) is 8.62. The average Bonchev–Trinajstić information content (AvgIpc) is 2.61. The van der Waals surface area contributed by atoms with Crippen LogP contribution in [0.25, 0.3) is 0 Å². The number of nitrogens with one attached hydrogen (secondary N) is 1. The number of sulfonamides is 1. The maximum Gasteiger partial charge on any atom is 0.240 e. The molecular formula is C20H27NO4S. The number of hydrogen-bond donors (Lipinski definition) is 1. The van der Waals surface area contributed by atoms with Crippen molar-refractivity contribution in [1.82, 2.24) is 4.72 Å². The summed E-state index contributed by atoms with van der Waals surface area (Å²) in [4.78, 5) is 0.230. The van der Waals surface area contributed by atoms with Crippen LogP contribution in [0.4, 0.5) is 0 Å². The van der Waals surface area contributed by atoms with Crippen LogP contribution in [0.2, 0.25) is 0 Å². The highest BCUT2D eigenvalue weighted by Gasteiger charge is 2.17. The first-order chi connectivity index (χ1) is 12.2. The van der Waals surface area contributed by atoms with E-state index >= 15 is 0 Å². The Balaban J connectivity index is 2.00. The minimum atomic E-state index is -3.60. The third-order valence-electron chi connectivity index (χ3n) is 4.27. The van der Waals surface area contributed by atoms with Gasteiger partial charge in [-0.2, -0.15) is 0 Å². The average molecular weight is 378 g/mol. The maximum atomic E-state index is 12.5. The van der Waals surface area contributed by atoms with E-state index in [0.29, 0.717) is 5.75 Å². The highest BCUT2D eigenvalue weighted by atomic mass is 32.2. The van der Waals surface area contributed by atoms with Crippen molar-refractivity contribution < 1.29 is 17.9 Å². The lowest BCUT2D eigenvalue weighted by Gasteiger charge is -2.14. The summed E-state index contributed by atoms with van der Waals surface area (Å²) in [7, 11) is -2.02. The Morgan fingerprint density at radius 2 is 1.77 bits per heavy atom. The highest BCUT2D eigenvalue weighted by Crippen LogP contribution is 2.28. The number of rotatable bonds is 8. The van der Waals surface area contributed by atoms with Gasteiger partial charge >= 0.3 is 0 Å². The second-order valence-electron chi connectivity index (χ2n) is 6.55. The summed E-state index contributed by atoms with van der Waals surface area (Å²) in [5.74, 6) is 1.59. The molecule has 1 N–H and O–H groups in total. The van der Waals surface area contributed by atoms with Gasteiger partial charge in [-0.1, -0.05) is 19.9 Å². The van der Waals surface area contributed by atoms with Gasteiger partial charge in [0, 0.05) is 6.54 Å². The van der Waals surface area contributed by atoms with Crippen molar-refractivity contribution in [3.8, 4) is 11.5 Å². The fraction of sp³-hybridized carbons (Fsp3) is 0.400.